The maximum Gasteiger partial charge on any atom is 0.405 e. The fraction of sp³-hybridized carbons (Fsp3) is 0.556. The van der Waals surface area contributed by atoms with Crippen molar-refractivity contribution in [2.24, 2.45) is 0 Å². The molecule has 1 aliphatic carbocycles. The molecule has 2 unspecified atom stereocenters. The summed E-state index contributed by atoms with van der Waals surface area (Å²) in [7, 11) is 0. The van der Waals surface area contributed by atoms with Crippen LogP contribution >= 0.6 is 0 Å². The number of nitrogens with zero attached hydrogens (tertiary/aromatic N) is 4. The van der Waals surface area contributed by atoms with E-state index in [1.807, 2.05) is 18.2 Å². The van der Waals surface area contributed by atoms with Gasteiger partial charge < -0.3 is 21.1 Å². The van der Waals surface area contributed by atoms with Crippen LogP contribution in [0.4, 0.5) is 31.0 Å². The third kappa shape index (κ3) is 7.00. The number of rotatable bonds is 8. The number of hydrogen-bond donors (Lipinski definition) is 4. The molecule has 2 heterocycles. The molecule has 0 amide bonds. The summed E-state index contributed by atoms with van der Waals surface area (Å²) in [6.45, 7) is -0.804. The van der Waals surface area contributed by atoms with E-state index >= 15 is 0 Å². The smallest absolute Gasteiger partial charge is 0.391 e. The summed E-state index contributed by atoms with van der Waals surface area (Å²) in [5.74, 6) is 0.0785. The molecule has 0 bridgehead atoms. The van der Waals surface area contributed by atoms with E-state index in [4.69, 9.17) is 0 Å². The molecule has 0 spiro atoms. The maximum atomic E-state index is 12.6. The van der Waals surface area contributed by atoms with E-state index in [1.165, 1.54) is 0 Å². The van der Waals surface area contributed by atoms with Gasteiger partial charge in [-0.25, -0.2) is 0 Å². The number of pyridine rings is 1. The first-order chi connectivity index (χ1) is 13.9. The Kier molecular flexibility index (Phi) is 7.02. The normalized spacial score (nSPS) is 19.6. The molecule has 1 aliphatic rings. The van der Waals surface area contributed by atoms with E-state index in [1.54, 1.807) is 6.20 Å². The largest absolute Gasteiger partial charge is 0.405 e. The number of aromatic nitrogens is 4. The van der Waals surface area contributed by atoms with Crippen molar-refractivity contribution in [3.63, 3.8) is 0 Å². The Morgan fingerprint density at radius 3 is 2.41 bits per heavy atom. The van der Waals surface area contributed by atoms with E-state index < -0.39 is 18.8 Å². The first-order valence-electron chi connectivity index (χ1n) is 9.54. The second-order valence-corrected chi connectivity index (χ2v) is 6.88. The van der Waals surface area contributed by atoms with E-state index in [-0.39, 0.29) is 23.9 Å². The fourth-order valence-electron chi connectivity index (χ4n) is 3.07. The number of alkyl halides is 3. The van der Waals surface area contributed by atoms with Crippen molar-refractivity contribution in [1.29, 1.82) is 0 Å². The minimum absolute atomic E-state index is 0.121. The molecular formula is C18H24F3N7O. The fourth-order valence-corrected chi connectivity index (χ4v) is 3.07. The van der Waals surface area contributed by atoms with Gasteiger partial charge in [-0.05, 0) is 25.0 Å². The monoisotopic (exact) mass is 411 g/mol. The molecule has 2 aromatic heterocycles. The van der Waals surface area contributed by atoms with Gasteiger partial charge >= 0.3 is 6.18 Å². The quantitative estimate of drug-likeness (QED) is 0.525. The zero-order valence-corrected chi connectivity index (χ0v) is 15.8. The Bertz CT molecular complexity index is 776. The van der Waals surface area contributed by atoms with Crippen molar-refractivity contribution in [1.82, 2.24) is 19.9 Å². The highest BCUT2D eigenvalue weighted by atomic mass is 19.4. The molecule has 158 valence electrons. The number of aliphatic hydroxyl groups is 1. The SMILES string of the molecule is OC1CCCCC1Nc1nc(NCCc2ccccn2)nc(NCC(F)(F)F)n1. The van der Waals surface area contributed by atoms with Gasteiger partial charge in [0.05, 0.1) is 12.1 Å². The molecule has 0 saturated heterocycles. The lowest BCUT2D eigenvalue weighted by molar-refractivity contribution is -0.115. The summed E-state index contributed by atoms with van der Waals surface area (Å²) in [5, 5.41) is 18.3. The van der Waals surface area contributed by atoms with Gasteiger partial charge in [0.2, 0.25) is 17.8 Å². The van der Waals surface area contributed by atoms with Crippen LogP contribution in [0.3, 0.4) is 0 Å². The van der Waals surface area contributed by atoms with Crippen LogP contribution in [0.1, 0.15) is 31.4 Å². The highest BCUT2D eigenvalue weighted by molar-refractivity contribution is 5.43. The van der Waals surface area contributed by atoms with Crippen LogP contribution < -0.4 is 16.0 Å². The lowest BCUT2D eigenvalue weighted by Gasteiger charge is -2.28. The summed E-state index contributed by atoms with van der Waals surface area (Å²) in [6.07, 6.45) is 0.636. The minimum Gasteiger partial charge on any atom is -0.391 e. The molecule has 0 aromatic carbocycles. The third-order valence-corrected chi connectivity index (χ3v) is 4.52. The van der Waals surface area contributed by atoms with Crippen molar-refractivity contribution < 1.29 is 18.3 Å². The molecule has 1 fully saturated rings. The third-order valence-electron chi connectivity index (χ3n) is 4.52. The van der Waals surface area contributed by atoms with Crippen LogP contribution in [0.2, 0.25) is 0 Å². The van der Waals surface area contributed by atoms with Gasteiger partial charge in [-0.3, -0.25) is 4.98 Å². The highest BCUT2D eigenvalue weighted by Gasteiger charge is 2.28. The standard InChI is InChI=1S/C18H24F3N7O/c19-18(20,21)11-24-16-26-15(23-10-8-12-5-3-4-9-22-12)27-17(28-16)25-13-6-1-2-7-14(13)29/h3-5,9,13-14,29H,1-2,6-8,10-11H2,(H3,23,24,25,26,27,28). The van der Waals surface area contributed by atoms with Gasteiger partial charge in [0, 0.05) is 24.9 Å². The van der Waals surface area contributed by atoms with Crippen LogP contribution in [0.25, 0.3) is 0 Å². The Hall–Kier alpha value is -2.69. The summed E-state index contributed by atoms with van der Waals surface area (Å²) < 4.78 is 37.7. The molecule has 11 heteroatoms. The van der Waals surface area contributed by atoms with Crippen LogP contribution in [0.5, 0.6) is 0 Å². The average Bonchev–Trinajstić information content (AvgIpc) is 2.68. The van der Waals surface area contributed by atoms with Crippen LogP contribution in [-0.4, -0.2) is 56.5 Å². The molecule has 2 atom stereocenters. The van der Waals surface area contributed by atoms with Crippen molar-refractivity contribution in [3.05, 3.63) is 30.1 Å². The molecular weight excluding hydrogens is 387 g/mol. The molecule has 3 rings (SSSR count). The molecule has 1 saturated carbocycles. The first-order valence-corrected chi connectivity index (χ1v) is 9.54. The number of nitrogens with one attached hydrogen (secondary N) is 3. The molecule has 0 aliphatic heterocycles. The van der Waals surface area contributed by atoms with Crippen LogP contribution in [0, 0.1) is 0 Å². The molecule has 8 nitrogen and oxygen atoms in total. The highest BCUT2D eigenvalue weighted by Crippen LogP contribution is 2.22. The lowest BCUT2D eigenvalue weighted by atomic mass is 9.93. The van der Waals surface area contributed by atoms with Crippen molar-refractivity contribution in [2.75, 3.05) is 29.0 Å². The van der Waals surface area contributed by atoms with E-state index in [0.717, 1.165) is 25.0 Å². The summed E-state index contributed by atoms with van der Waals surface area (Å²) in [6, 6.07) is 5.33. The summed E-state index contributed by atoms with van der Waals surface area (Å²) >= 11 is 0. The second kappa shape index (κ2) is 9.68. The lowest BCUT2D eigenvalue weighted by Crippen LogP contribution is -2.37. The predicted molar refractivity (Wildman–Crippen MR) is 103 cm³/mol. The summed E-state index contributed by atoms with van der Waals surface area (Å²) in [5.41, 5.74) is 0.869. The summed E-state index contributed by atoms with van der Waals surface area (Å²) in [4.78, 5) is 16.5. The van der Waals surface area contributed by atoms with Gasteiger partial charge in [-0.2, -0.15) is 28.1 Å². The Labute approximate surface area is 166 Å². The second-order valence-electron chi connectivity index (χ2n) is 6.88. The van der Waals surface area contributed by atoms with Gasteiger partial charge in [0.25, 0.3) is 0 Å². The molecule has 0 radical (unpaired) electrons. The van der Waals surface area contributed by atoms with Gasteiger partial charge in [0.1, 0.15) is 6.54 Å². The van der Waals surface area contributed by atoms with Gasteiger partial charge in [0.15, 0.2) is 0 Å². The molecule has 29 heavy (non-hydrogen) atoms. The van der Waals surface area contributed by atoms with Crippen molar-refractivity contribution in [2.45, 2.75) is 50.4 Å². The van der Waals surface area contributed by atoms with E-state index in [9.17, 15) is 18.3 Å². The van der Waals surface area contributed by atoms with Crippen molar-refractivity contribution >= 4 is 17.8 Å². The van der Waals surface area contributed by atoms with Gasteiger partial charge in [-0.15, -0.1) is 0 Å². The Morgan fingerprint density at radius 2 is 1.72 bits per heavy atom. The predicted octanol–water partition coefficient (Wildman–Crippen LogP) is 2.61. The molecule has 4 N–H and O–H groups in total. The van der Waals surface area contributed by atoms with Gasteiger partial charge in [-0.1, -0.05) is 18.9 Å². The number of aliphatic hydroxyl groups excluding tert-OH is 1. The van der Waals surface area contributed by atoms with E-state index in [2.05, 4.69) is 35.9 Å². The van der Waals surface area contributed by atoms with Crippen molar-refractivity contribution in [3.8, 4) is 0 Å². The van der Waals surface area contributed by atoms with E-state index in [0.29, 0.717) is 19.4 Å². The number of hydrogen-bond acceptors (Lipinski definition) is 8. The zero-order chi connectivity index (χ0) is 20.7. The topological polar surface area (TPSA) is 108 Å². The molecule has 2 aromatic rings. The average molecular weight is 411 g/mol. The minimum atomic E-state index is -4.40. The van der Waals surface area contributed by atoms with Crippen LogP contribution in [-0.2, 0) is 6.42 Å². The maximum absolute atomic E-state index is 12.6. The Balaban J connectivity index is 1.69. The number of halogens is 3. The number of anilines is 3. The first kappa shape index (κ1) is 21.0. The van der Waals surface area contributed by atoms with Crippen LogP contribution in [0.15, 0.2) is 24.4 Å². The zero-order valence-electron chi connectivity index (χ0n) is 15.8. The Morgan fingerprint density at radius 1 is 1.00 bits per heavy atom.